The molecule has 0 saturated carbocycles. The van der Waals surface area contributed by atoms with E-state index in [2.05, 4.69) is 88.4 Å². The number of hydrogen-bond donors (Lipinski definition) is 0. The van der Waals surface area contributed by atoms with Crippen molar-refractivity contribution < 1.29 is 0 Å². The van der Waals surface area contributed by atoms with Gasteiger partial charge in [-0.3, -0.25) is 0 Å². The molecule has 0 heterocycles. The van der Waals surface area contributed by atoms with Crippen LogP contribution in [0.1, 0.15) is 38.8 Å². The highest BCUT2D eigenvalue weighted by Gasteiger charge is 2.16. The van der Waals surface area contributed by atoms with E-state index in [4.69, 9.17) is 0 Å². The van der Waals surface area contributed by atoms with Crippen molar-refractivity contribution in [3.05, 3.63) is 71.8 Å². The highest BCUT2D eigenvalue weighted by atomic mass is 14.2. The molecule has 0 aliphatic carbocycles. The molecule has 4 rings (SSSR count). The van der Waals surface area contributed by atoms with Crippen molar-refractivity contribution in [2.24, 2.45) is 11.8 Å². The van der Waals surface area contributed by atoms with Gasteiger partial charge in [0.2, 0.25) is 0 Å². The van der Waals surface area contributed by atoms with Crippen molar-refractivity contribution in [1.82, 2.24) is 0 Å². The monoisotopic (exact) mass is 340 g/mol. The summed E-state index contributed by atoms with van der Waals surface area (Å²) in [5.41, 5.74) is 3.03. The SMILES string of the molecule is CC(C)Cc1c2ccccc2c(CC(C)C)c2cc3ccccc3cc12. The lowest BCUT2D eigenvalue weighted by Gasteiger charge is -2.20. The van der Waals surface area contributed by atoms with Gasteiger partial charge in [0.1, 0.15) is 0 Å². The van der Waals surface area contributed by atoms with Crippen LogP contribution in [0, 0.1) is 11.8 Å². The molecule has 0 amide bonds. The molecule has 0 nitrogen and oxygen atoms in total. The van der Waals surface area contributed by atoms with E-state index in [0.717, 1.165) is 12.8 Å². The Labute approximate surface area is 156 Å². The molecule has 4 aromatic carbocycles. The maximum absolute atomic E-state index is 2.43. The zero-order valence-electron chi connectivity index (χ0n) is 16.3. The van der Waals surface area contributed by atoms with Crippen molar-refractivity contribution in [3.63, 3.8) is 0 Å². The van der Waals surface area contributed by atoms with Crippen LogP contribution in [-0.4, -0.2) is 0 Å². The molecule has 0 N–H and O–H groups in total. The summed E-state index contributed by atoms with van der Waals surface area (Å²) in [4.78, 5) is 0. The summed E-state index contributed by atoms with van der Waals surface area (Å²) >= 11 is 0. The number of fused-ring (bicyclic) bond motifs is 3. The first kappa shape index (κ1) is 17.1. The first-order valence-electron chi connectivity index (χ1n) is 9.89. The molecule has 0 aliphatic heterocycles. The van der Waals surface area contributed by atoms with Crippen LogP contribution in [0.4, 0.5) is 0 Å². The van der Waals surface area contributed by atoms with Gasteiger partial charge in [0.15, 0.2) is 0 Å². The molecule has 0 saturated heterocycles. The van der Waals surface area contributed by atoms with Crippen molar-refractivity contribution in [1.29, 1.82) is 0 Å². The first-order valence-corrected chi connectivity index (χ1v) is 9.89. The summed E-state index contributed by atoms with van der Waals surface area (Å²) < 4.78 is 0. The topological polar surface area (TPSA) is 0 Å². The summed E-state index contributed by atoms with van der Waals surface area (Å²) in [6, 6.07) is 22.7. The summed E-state index contributed by atoms with van der Waals surface area (Å²) in [5.74, 6) is 1.29. The lowest BCUT2D eigenvalue weighted by molar-refractivity contribution is 0.649. The Morgan fingerprint density at radius 1 is 0.538 bits per heavy atom. The molecule has 0 unspecified atom stereocenters. The number of hydrogen-bond acceptors (Lipinski definition) is 0. The molecular formula is C26H28. The maximum atomic E-state index is 2.43. The van der Waals surface area contributed by atoms with Crippen LogP contribution in [0.3, 0.4) is 0 Å². The third-order valence-corrected chi connectivity index (χ3v) is 5.34. The van der Waals surface area contributed by atoms with Gasteiger partial charge in [-0.2, -0.15) is 0 Å². The molecule has 4 aromatic rings. The summed E-state index contributed by atoms with van der Waals surface area (Å²) in [5, 5.41) is 8.48. The van der Waals surface area contributed by atoms with Crippen LogP contribution in [0.5, 0.6) is 0 Å². The van der Waals surface area contributed by atoms with E-state index >= 15 is 0 Å². The van der Waals surface area contributed by atoms with Gasteiger partial charge in [-0.25, -0.2) is 0 Å². The Morgan fingerprint density at radius 2 is 0.923 bits per heavy atom. The smallest absolute Gasteiger partial charge is 0.0136 e. The van der Waals surface area contributed by atoms with Crippen molar-refractivity contribution in [2.75, 3.05) is 0 Å². The minimum Gasteiger partial charge on any atom is -0.0625 e. The fraction of sp³-hybridized carbons (Fsp3) is 0.308. The van der Waals surface area contributed by atoms with Crippen LogP contribution in [0.2, 0.25) is 0 Å². The fourth-order valence-electron chi connectivity index (χ4n) is 4.30. The molecule has 0 spiro atoms. The summed E-state index contributed by atoms with van der Waals surface area (Å²) in [6.45, 7) is 9.29. The predicted octanol–water partition coefficient (Wildman–Crippen LogP) is 7.54. The second kappa shape index (κ2) is 6.76. The molecule has 0 aromatic heterocycles. The van der Waals surface area contributed by atoms with Crippen LogP contribution < -0.4 is 0 Å². The molecule has 0 heteroatoms. The van der Waals surface area contributed by atoms with Crippen molar-refractivity contribution in [3.8, 4) is 0 Å². The second-order valence-electron chi connectivity index (χ2n) is 8.44. The minimum atomic E-state index is 0.643. The third-order valence-electron chi connectivity index (χ3n) is 5.34. The predicted molar refractivity (Wildman–Crippen MR) is 116 cm³/mol. The Bertz CT molecular complexity index is 996. The second-order valence-corrected chi connectivity index (χ2v) is 8.44. The first-order chi connectivity index (χ1) is 12.5. The van der Waals surface area contributed by atoms with Gasteiger partial charge in [0.25, 0.3) is 0 Å². The normalized spacial score (nSPS) is 12.1. The lowest BCUT2D eigenvalue weighted by atomic mass is 9.84. The van der Waals surface area contributed by atoms with Gasteiger partial charge < -0.3 is 0 Å². The van der Waals surface area contributed by atoms with Crippen LogP contribution >= 0.6 is 0 Å². The van der Waals surface area contributed by atoms with E-state index in [1.807, 2.05) is 0 Å². The van der Waals surface area contributed by atoms with E-state index in [1.165, 1.54) is 43.4 Å². The molecule has 132 valence electrons. The fourth-order valence-corrected chi connectivity index (χ4v) is 4.30. The minimum absolute atomic E-state index is 0.643. The highest BCUT2D eigenvalue weighted by Crippen LogP contribution is 2.37. The molecule has 0 aliphatic rings. The molecule has 0 fully saturated rings. The zero-order chi connectivity index (χ0) is 18.3. The Balaban J connectivity index is 2.19. The number of benzene rings is 4. The van der Waals surface area contributed by atoms with E-state index < -0.39 is 0 Å². The highest BCUT2D eigenvalue weighted by molar-refractivity contribution is 6.10. The summed E-state index contributed by atoms with van der Waals surface area (Å²) in [6.07, 6.45) is 2.24. The molecular weight excluding hydrogens is 312 g/mol. The molecule has 0 atom stereocenters. The van der Waals surface area contributed by atoms with E-state index in [9.17, 15) is 0 Å². The quantitative estimate of drug-likeness (QED) is 0.336. The zero-order valence-corrected chi connectivity index (χ0v) is 16.3. The third kappa shape index (κ3) is 2.98. The average Bonchev–Trinajstić information content (AvgIpc) is 2.62. The van der Waals surface area contributed by atoms with Crippen LogP contribution in [-0.2, 0) is 12.8 Å². The van der Waals surface area contributed by atoms with Gasteiger partial charge in [0, 0.05) is 0 Å². The summed E-state index contributed by atoms with van der Waals surface area (Å²) in [7, 11) is 0. The van der Waals surface area contributed by atoms with E-state index in [0.29, 0.717) is 11.8 Å². The van der Waals surface area contributed by atoms with Gasteiger partial charge in [-0.05, 0) is 80.3 Å². The van der Waals surface area contributed by atoms with Crippen molar-refractivity contribution >= 4 is 32.3 Å². The van der Waals surface area contributed by atoms with Gasteiger partial charge in [0.05, 0.1) is 0 Å². The largest absolute Gasteiger partial charge is 0.0625 e. The Kier molecular flexibility index (Phi) is 4.44. The average molecular weight is 341 g/mol. The van der Waals surface area contributed by atoms with Crippen molar-refractivity contribution in [2.45, 2.75) is 40.5 Å². The molecule has 26 heavy (non-hydrogen) atoms. The standard InChI is InChI=1S/C26H28/c1-17(2)13-23-21-11-7-8-12-22(21)24(14-18(3)4)26-16-20-10-6-5-9-19(20)15-25(23)26/h5-12,15-18H,13-14H2,1-4H3. The Morgan fingerprint density at radius 3 is 1.31 bits per heavy atom. The van der Waals surface area contributed by atoms with Gasteiger partial charge in [-0.1, -0.05) is 76.2 Å². The van der Waals surface area contributed by atoms with Gasteiger partial charge in [-0.15, -0.1) is 0 Å². The molecule has 0 radical (unpaired) electrons. The maximum Gasteiger partial charge on any atom is -0.0136 e. The lowest BCUT2D eigenvalue weighted by Crippen LogP contribution is -2.02. The number of rotatable bonds is 4. The van der Waals surface area contributed by atoms with E-state index in [1.54, 1.807) is 0 Å². The van der Waals surface area contributed by atoms with Crippen LogP contribution in [0.25, 0.3) is 32.3 Å². The Hall–Kier alpha value is -2.34. The van der Waals surface area contributed by atoms with Crippen LogP contribution in [0.15, 0.2) is 60.7 Å². The van der Waals surface area contributed by atoms with Gasteiger partial charge >= 0.3 is 0 Å². The molecule has 0 bridgehead atoms. The van der Waals surface area contributed by atoms with E-state index in [-0.39, 0.29) is 0 Å².